The zero-order valence-electron chi connectivity index (χ0n) is 12.7. The minimum absolute atomic E-state index is 0.0996. The lowest BCUT2D eigenvalue weighted by atomic mass is 10.2. The fraction of sp³-hybridized carbons (Fsp3) is 0.188. The Bertz CT molecular complexity index is 885. The van der Waals surface area contributed by atoms with E-state index in [0.717, 1.165) is 6.42 Å². The van der Waals surface area contributed by atoms with E-state index in [1.807, 2.05) is 6.92 Å². The molecule has 3 rings (SSSR count). The molecule has 2 aromatic carbocycles. The molecule has 3 aromatic rings. The first-order valence-electron chi connectivity index (χ1n) is 7.26. The number of nitro groups is 1. The summed E-state index contributed by atoms with van der Waals surface area (Å²) in [6.07, 6.45) is 0.768. The number of imidazole rings is 1. The van der Waals surface area contributed by atoms with E-state index < -0.39 is 4.92 Å². The largest absolute Gasteiger partial charge is 0.487 e. The van der Waals surface area contributed by atoms with Gasteiger partial charge in [-0.3, -0.25) is 10.1 Å². The molecule has 0 aliphatic carbocycles. The number of fused-ring (bicyclic) bond motifs is 1. The van der Waals surface area contributed by atoms with Crippen LogP contribution in [0.25, 0.3) is 22.4 Å². The third kappa shape index (κ3) is 3.16. The molecular weight excluding hydrogens is 353 g/mol. The summed E-state index contributed by atoms with van der Waals surface area (Å²) in [6.45, 7) is 2.35. The van der Waals surface area contributed by atoms with Crippen LogP contribution < -0.4 is 4.74 Å². The van der Waals surface area contributed by atoms with E-state index >= 15 is 0 Å². The molecule has 6 nitrogen and oxygen atoms in total. The van der Waals surface area contributed by atoms with Crippen molar-refractivity contribution >= 4 is 39.9 Å². The number of ether oxygens (including phenoxy) is 1. The fourth-order valence-corrected chi connectivity index (χ4v) is 2.60. The molecular formula is C16H13Cl2N3O3. The molecule has 0 radical (unpaired) electrons. The molecule has 0 atom stereocenters. The molecule has 0 amide bonds. The van der Waals surface area contributed by atoms with Gasteiger partial charge in [-0.15, -0.1) is 0 Å². The van der Waals surface area contributed by atoms with E-state index in [-0.39, 0.29) is 11.4 Å². The molecule has 0 saturated heterocycles. The highest BCUT2D eigenvalue weighted by atomic mass is 35.5. The average Bonchev–Trinajstić information content (AvgIpc) is 2.95. The van der Waals surface area contributed by atoms with E-state index in [1.165, 1.54) is 6.07 Å². The van der Waals surface area contributed by atoms with Gasteiger partial charge >= 0.3 is 5.69 Å². The molecule has 0 saturated carbocycles. The second kappa shape index (κ2) is 6.67. The maximum absolute atomic E-state index is 11.3. The van der Waals surface area contributed by atoms with Gasteiger partial charge in [0.15, 0.2) is 5.75 Å². The van der Waals surface area contributed by atoms with Crippen LogP contribution in [0.5, 0.6) is 5.75 Å². The van der Waals surface area contributed by atoms with Crippen molar-refractivity contribution in [3.8, 4) is 17.1 Å². The molecule has 1 aromatic heterocycles. The Hall–Kier alpha value is -2.31. The van der Waals surface area contributed by atoms with Crippen LogP contribution >= 0.6 is 23.2 Å². The van der Waals surface area contributed by atoms with Gasteiger partial charge in [0.1, 0.15) is 5.82 Å². The summed E-state index contributed by atoms with van der Waals surface area (Å²) in [4.78, 5) is 18.3. The third-order valence-corrected chi connectivity index (χ3v) is 4.14. The molecule has 8 heteroatoms. The molecule has 1 N–H and O–H groups in total. The Labute approximate surface area is 147 Å². The second-order valence-corrected chi connectivity index (χ2v) is 5.97. The van der Waals surface area contributed by atoms with Gasteiger partial charge in [0.25, 0.3) is 0 Å². The van der Waals surface area contributed by atoms with Gasteiger partial charge in [-0.2, -0.15) is 0 Å². The number of aromatic nitrogens is 2. The van der Waals surface area contributed by atoms with Crippen molar-refractivity contribution in [2.45, 2.75) is 13.3 Å². The summed E-state index contributed by atoms with van der Waals surface area (Å²) >= 11 is 12.0. The van der Waals surface area contributed by atoms with Crippen molar-refractivity contribution in [3.63, 3.8) is 0 Å². The molecule has 0 aliphatic heterocycles. The normalized spacial score (nSPS) is 11.0. The lowest BCUT2D eigenvalue weighted by Crippen LogP contribution is -1.99. The zero-order valence-corrected chi connectivity index (χ0v) is 14.2. The predicted molar refractivity (Wildman–Crippen MR) is 94.0 cm³/mol. The van der Waals surface area contributed by atoms with Crippen LogP contribution in [0.1, 0.15) is 13.3 Å². The summed E-state index contributed by atoms with van der Waals surface area (Å²) in [6, 6.07) is 8.05. The van der Waals surface area contributed by atoms with Crippen LogP contribution in [0.4, 0.5) is 5.69 Å². The summed E-state index contributed by atoms with van der Waals surface area (Å²) in [5.74, 6) is 0.737. The summed E-state index contributed by atoms with van der Waals surface area (Å²) < 4.78 is 5.42. The Kier molecular flexibility index (Phi) is 4.59. The number of nitro benzene ring substituents is 1. The molecule has 0 bridgehead atoms. The van der Waals surface area contributed by atoms with Crippen molar-refractivity contribution in [2.75, 3.05) is 6.61 Å². The molecule has 0 spiro atoms. The van der Waals surface area contributed by atoms with Crippen LogP contribution in [-0.2, 0) is 0 Å². The first kappa shape index (κ1) is 16.5. The van der Waals surface area contributed by atoms with Crippen LogP contribution in [0.3, 0.4) is 0 Å². The average molecular weight is 366 g/mol. The maximum Gasteiger partial charge on any atom is 0.311 e. The van der Waals surface area contributed by atoms with Gasteiger partial charge in [0.2, 0.25) is 0 Å². The summed E-state index contributed by atoms with van der Waals surface area (Å²) in [5.41, 5.74) is 1.81. The van der Waals surface area contributed by atoms with Crippen molar-refractivity contribution in [2.24, 2.45) is 0 Å². The second-order valence-electron chi connectivity index (χ2n) is 5.16. The maximum atomic E-state index is 11.3. The lowest BCUT2D eigenvalue weighted by Gasteiger charge is -2.06. The molecule has 1 heterocycles. The Morgan fingerprint density at radius 1 is 1.25 bits per heavy atom. The van der Waals surface area contributed by atoms with Gasteiger partial charge < -0.3 is 9.72 Å². The number of hydrogen-bond acceptors (Lipinski definition) is 4. The van der Waals surface area contributed by atoms with Gasteiger partial charge in [0, 0.05) is 11.6 Å². The Morgan fingerprint density at radius 3 is 2.71 bits per heavy atom. The standard InChI is InChI=1S/C16H13Cl2N3O3/c1-2-5-24-15-4-3-9(6-14(15)21(22)23)16-19-12-7-10(17)11(18)8-13(12)20-16/h3-4,6-8H,2,5H2,1H3,(H,19,20). The molecule has 124 valence electrons. The van der Waals surface area contributed by atoms with Gasteiger partial charge in [-0.05, 0) is 30.7 Å². The smallest absolute Gasteiger partial charge is 0.311 e. The number of nitrogens with zero attached hydrogens (tertiary/aromatic N) is 2. The predicted octanol–water partition coefficient (Wildman–Crippen LogP) is 5.23. The number of hydrogen-bond donors (Lipinski definition) is 1. The number of halogens is 2. The summed E-state index contributed by atoms with van der Waals surface area (Å²) in [7, 11) is 0. The first-order valence-corrected chi connectivity index (χ1v) is 8.01. The Balaban J connectivity index is 2.05. The third-order valence-electron chi connectivity index (χ3n) is 3.41. The topological polar surface area (TPSA) is 81.0 Å². The number of nitrogens with one attached hydrogen (secondary N) is 1. The number of rotatable bonds is 5. The number of H-pyrrole nitrogens is 1. The number of aromatic amines is 1. The van der Waals surface area contributed by atoms with Crippen LogP contribution in [0, 0.1) is 10.1 Å². The Morgan fingerprint density at radius 2 is 2.00 bits per heavy atom. The van der Waals surface area contributed by atoms with E-state index in [4.69, 9.17) is 27.9 Å². The molecule has 0 aliphatic rings. The summed E-state index contributed by atoms with van der Waals surface area (Å²) in [5, 5.41) is 12.1. The van der Waals surface area contributed by atoms with Gasteiger partial charge in [-0.25, -0.2) is 4.98 Å². The highest BCUT2D eigenvalue weighted by Crippen LogP contribution is 2.33. The van der Waals surface area contributed by atoms with Gasteiger partial charge in [-0.1, -0.05) is 30.1 Å². The zero-order chi connectivity index (χ0) is 17.3. The molecule has 0 fully saturated rings. The highest BCUT2D eigenvalue weighted by Gasteiger charge is 2.18. The van der Waals surface area contributed by atoms with E-state index in [1.54, 1.807) is 24.3 Å². The monoisotopic (exact) mass is 365 g/mol. The lowest BCUT2D eigenvalue weighted by molar-refractivity contribution is -0.385. The minimum Gasteiger partial charge on any atom is -0.487 e. The van der Waals surface area contributed by atoms with Crippen molar-refractivity contribution in [3.05, 3.63) is 50.5 Å². The fourth-order valence-electron chi connectivity index (χ4n) is 2.28. The molecule has 24 heavy (non-hydrogen) atoms. The van der Waals surface area contributed by atoms with Crippen molar-refractivity contribution in [1.29, 1.82) is 0 Å². The first-order chi connectivity index (χ1) is 11.5. The van der Waals surface area contributed by atoms with Crippen molar-refractivity contribution < 1.29 is 9.66 Å². The molecule has 0 unspecified atom stereocenters. The van der Waals surface area contributed by atoms with Crippen LogP contribution in [0.2, 0.25) is 10.0 Å². The van der Waals surface area contributed by atoms with Crippen LogP contribution in [-0.4, -0.2) is 21.5 Å². The SMILES string of the molecule is CCCOc1ccc(-c2nc3cc(Cl)c(Cl)cc3[nH]2)cc1[N+](=O)[O-]. The van der Waals surface area contributed by atoms with Crippen LogP contribution in [0.15, 0.2) is 30.3 Å². The van der Waals surface area contributed by atoms with E-state index in [2.05, 4.69) is 9.97 Å². The quantitative estimate of drug-likeness (QED) is 0.495. The van der Waals surface area contributed by atoms with E-state index in [0.29, 0.717) is 39.1 Å². The highest BCUT2D eigenvalue weighted by molar-refractivity contribution is 6.42. The van der Waals surface area contributed by atoms with Crippen molar-refractivity contribution in [1.82, 2.24) is 9.97 Å². The number of benzene rings is 2. The minimum atomic E-state index is -0.467. The van der Waals surface area contributed by atoms with Gasteiger partial charge in [0.05, 0.1) is 32.6 Å². The van der Waals surface area contributed by atoms with E-state index in [9.17, 15) is 10.1 Å².